The second-order valence-electron chi connectivity index (χ2n) is 20.6. The van der Waals surface area contributed by atoms with Crippen LogP contribution in [0.15, 0.2) is 24.4 Å². The van der Waals surface area contributed by atoms with E-state index < -0.39 is 0 Å². The summed E-state index contributed by atoms with van der Waals surface area (Å²) in [5.41, 5.74) is 3.02. The van der Waals surface area contributed by atoms with E-state index in [1.165, 1.54) is 282 Å². The number of carbonyl (C=O) groups excluding carboxylic acids is 1. The molecule has 0 aromatic rings. The van der Waals surface area contributed by atoms with Gasteiger partial charge in [-0.2, -0.15) is 0 Å². The van der Waals surface area contributed by atoms with Crippen molar-refractivity contribution in [1.29, 1.82) is 0 Å². The minimum Gasteiger partial charge on any atom is -0.372 e. The quantitative estimate of drug-likeness (QED) is 0.0375. The van der Waals surface area contributed by atoms with E-state index in [4.69, 9.17) is 6.58 Å². The Hall–Kier alpha value is -1.09. The van der Waals surface area contributed by atoms with Crippen LogP contribution in [0.25, 0.3) is 0 Å². The summed E-state index contributed by atoms with van der Waals surface area (Å²) in [6.07, 6.45) is 60.7. The lowest BCUT2D eigenvalue weighted by Crippen LogP contribution is -2.36. The Morgan fingerprint density at radius 1 is 0.422 bits per heavy atom. The zero-order valence-electron chi connectivity index (χ0n) is 45.6. The Kier molecular flexibility index (Phi) is 55.4. The highest BCUT2D eigenvalue weighted by atomic mass is 16.1. The molecule has 0 saturated heterocycles. The maximum absolute atomic E-state index is 10.7. The van der Waals surface area contributed by atoms with E-state index in [-0.39, 0.29) is 0 Å². The molecule has 0 rings (SSSR count). The molecule has 0 spiro atoms. The SMILES string of the molecule is C=C(CCCCCCCCCCC(CCCCCCCCCCC)N(CCCNC)C(=C)CCCCCCCC)C(CCCC)CCCCCC.CCCCCCC(C=O)CCCC. The van der Waals surface area contributed by atoms with Gasteiger partial charge in [-0.15, -0.1) is 0 Å². The number of hydrogen-bond acceptors (Lipinski definition) is 3. The summed E-state index contributed by atoms with van der Waals surface area (Å²) in [7, 11) is 2.10. The molecule has 0 saturated carbocycles. The number of allylic oxidation sites excluding steroid dienone is 2. The topological polar surface area (TPSA) is 32.3 Å². The molecule has 3 heteroatoms. The molecule has 0 aromatic heterocycles. The smallest absolute Gasteiger partial charge is 0.123 e. The predicted molar refractivity (Wildman–Crippen MR) is 293 cm³/mol. The van der Waals surface area contributed by atoms with Crippen LogP contribution in [0.4, 0.5) is 0 Å². The summed E-state index contributed by atoms with van der Waals surface area (Å²) in [5.74, 6) is 1.13. The predicted octanol–water partition coefficient (Wildman–Crippen LogP) is 20.6. The van der Waals surface area contributed by atoms with Crippen LogP contribution >= 0.6 is 0 Å². The number of nitrogens with one attached hydrogen (secondary N) is 1. The first-order chi connectivity index (χ1) is 31.4. The minimum absolute atomic E-state index is 0.344. The van der Waals surface area contributed by atoms with Gasteiger partial charge in [0.2, 0.25) is 0 Å². The molecule has 3 atom stereocenters. The molecule has 0 amide bonds. The highest BCUT2D eigenvalue weighted by molar-refractivity contribution is 5.53. The first-order valence-electron chi connectivity index (χ1n) is 29.6. The van der Waals surface area contributed by atoms with Crippen LogP contribution in [-0.2, 0) is 4.79 Å². The average molecular weight is 900 g/mol. The molecule has 0 aliphatic heterocycles. The lowest BCUT2D eigenvalue weighted by Gasteiger charge is -2.36. The Morgan fingerprint density at radius 2 is 0.766 bits per heavy atom. The summed E-state index contributed by atoms with van der Waals surface area (Å²) in [4.78, 5) is 13.5. The maximum Gasteiger partial charge on any atom is 0.123 e. The summed E-state index contributed by atoms with van der Waals surface area (Å²) in [5, 5.41) is 3.41. The summed E-state index contributed by atoms with van der Waals surface area (Å²) < 4.78 is 0. The number of carbonyl (C=O) groups is 1. The van der Waals surface area contributed by atoms with Crippen LogP contribution in [0.5, 0.6) is 0 Å². The molecule has 64 heavy (non-hydrogen) atoms. The minimum atomic E-state index is 0.344. The molecule has 0 aromatic carbocycles. The molecule has 0 bridgehead atoms. The zero-order valence-corrected chi connectivity index (χ0v) is 45.6. The molecular weight excluding hydrogens is 777 g/mol. The van der Waals surface area contributed by atoms with Gasteiger partial charge in [0.15, 0.2) is 0 Å². The third-order valence-corrected chi connectivity index (χ3v) is 14.4. The Balaban J connectivity index is 0. The van der Waals surface area contributed by atoms with Crippen LogP contribution in [0.2, 0.25) is 0 Å². The van der Waals surface area contributed by atoms with Gasteiger partial charge in [0.05, 0.1) is 0 Å². The second kappa shape index (κ2) is 54.5. The van der Waals surface area contributed by atoms with E-state index >= 15 is 0 Å². The number of nitrogens with zero attached hydrogens (tertiary/aromatic N) is 1. The second-order valence-corrected chi connectivity index (χ2v) is 20.6. The standard InChI is InChI=1S/C49H98N2.C12H24O/c1-8-12-16-19-21-22-26-30-35-42-49(51(45-37-44-50-7)47(6)39-33-29-20-17-13-9-2)43-36-31-27-24-23-25-28-32-38-46(5)48(40-15-11-4)41-34-18-14-10-3;1-3-5-7-8-10-12(11-13)9-6-4-2/h48-50H,5-6,8-45H2,1-4,7H3;11-12H,3-10H2,1-2H3. The third-order valence-electron chi connectivity index (χ3n) is 14.4. The lowest BCUT2D eigenvalue weighted by atomic mass is 9.86. The summed E-state index contributed by atoms with van der Waals surface area (Å²) >= 11 is 0. The molecule has 3 unspecified atom stereocenters. The van der Waals surface area contributed by atoms with Crippen molar-refractivity contribution in [1.82, 2.24) is 10.2 Å². The van der Waals surface area contributed by atoms with Gasteiger partial charge in [-0.3, -0.25) is 0 Å². The van der Waals surface area contributed by atoms with E-state index in [2.05, 4.69) is 65.4 Å². The van der Waals surface area contributed by atoms with Crippen molar-refractivity contribution in [3.05, 3.63) is 24.4 Å². The van der Waals surface area contributed by atoms with Crippen molar-refractivity contribution in [2.75, 3.05) is 20.1 Å². The van der Waals surface area contributed by atoms with E-state index in [1.807, 2.05) is 0 Å². The first-order valence-corrected chi connectivity index (χ1v) is 29.6. The molecule has 3 nitrogen and oxygen atoms in total. The number of rotatable bonds is 52. The van der Waals surface area contributed by atoms with E-state index in [1.54, 1.807) is 5.57 Å². The lowest BCUT2D eigenvalue weighted by molar-refractivity contribution is -0.111. The van der Waals surface area contributed by atoms with Crippen molar-refractivity contribution in [3.8, 4) is 0 Å². The van der Waals surface area contributed by atoms with Gasteiger partial charge in [-0.05, 0) is 90.1 Å². The van der Waals surface area contributed by atoms with Crippen LogP contribution in [0.3, 0.4) is 0 Å². The summed E-state index contributed by atoms with van der Waals surface area (Å²) in [6, 6.07) is 0.694. The fourth-order valence-electron chi connectivity index (χ4n) is 9.82. The Bertz CT molecular complexity index is 929. The van der Waals surface area contributed by atoms with Crippen LogP contribution in [0, 0.1) is 11.8 Å². The molecule has 0 aliphatic rings. The van der Waals surface area contributed by atoms with Gasteiger partial charge in [-0.1, -0.05) is 272 Å². The number of unbranched alkanes of at least 4 members (excludes halogenated alkanes) is 28. The molecule has 1 N–H and O–H groups in total. The van der Waals surface area contributed by atoms with Crippen LogP contribution in [0.1, 0.15) is 324 Å². The van der Waals surface area contributed by atoms with E-state index in [0.717, 1.165) is 31.6 Å². The highest BCUT2D eigenvalue weighted by Crippen LogP contribution is 2.28. The first kappa shape index (κ1) is 65.0. The molecule has 0 heterocycles. The van der Waals surface area contributed by atoms with Gasteiger partial charge < -0.3 is 15.0 Å². The van der Waals surface area contributed by atoms with Crippen molar-refractivity contribution in [3.63, 3.8) is 0 Å². The molecule has 0 aliphatic carbocycles. The van der Waals surface area contributed by atoms with Gasteiger partial charge in [0, 0.05) is 24.2 Å². The van der Waals surface area contributed by atoms with Gasteiger partial charge in [-0.25, -0.2) is 0 Å². The van der Waals surface area contributed by atoms with Gasteiger partial charge in [0.25, 0.3) is 0 Å². The zero-order chi connectivity index (χ0) is 47.4. The third kappa shape index (κ3) is 44.7. The van der Waals surface area contributed by atoms with Gasteiger partial charge in [0.1, 0.15) is 6.29 Å². The Labute approximate surface area is 406 Å². The normalized spacial score (nSPS) is 12.7. The maximum atomic E-state index is 10.7. The monoisotopic (exact) mass is 899 g/mol. The van der Waals surface area contributed by atoms with Crippen molar-refractivity contribution in [2.45, 2.75) is 330 Å². The van der Waals surface area contributed by atoms with E-state index in [9.17, 15) is 4.79 Å². The molecule has 0 radical (unpaired) electrons. The van der Waals surface area contributed by atoms with Gasteiger partial charge >= 0.3 is 0 Å². The highest BCUT2D eigenvalue weighted by Gasteiger charge is 2.19. The van der Waals surface area contributed by atoms with Crippen LogP contribution < -0.4 is 5.32 Å². The summed E-state index contributed by atoms with van der Waals surface area (Å²) in [6.45, 7) is 25.3. The van der Waals surface area contributed by atoms with E-state index in [0.29, 0.717) is 12.0 Å². The van der Waals surface area contributed by atoms with Crippen molar-refractivity contribution >= 4 is 6.29 Å². The Morgan fingerprint density at radius 3 is 1.22 bits per heavy atom. The number of aldehydes is 1. The van der Waals surface area contributed by atoms with Crippen LogP contribution in [-0.4, -0.2) is 37.4 Å². The van der Waals surface area contributed by atoms with Crippen molar-refractivity contribution in [2.24, 2.45) is 11.8 Å². The fraction of sp³-hybridized carbons (Fsp3) is 0.918. The number of hydrogen-bond donors (Lipinski definition) is 1. The van der Waals surface area contributed by atoms with Crippen molar-refractivity contribution < 1.29 is 4.79 Å². The largest absolute Gasteiger partial charge is 0.372 e. The average Bonchev–Trinajstić information content (AvgIpc) is 3.30. The molecule has 0 fully saturated rings. The fourth-order valence-corrected chi connectivity index (χ4v) is 9.82. The molecular formula is C61H122N2O. The molecule has 382 valence electrons.